The number of halogens is 1. The molecule has 0 rings (SSSR count). The summed E-state index contributed by atoms with van der Waals surface area (Å²) in [5, 5.41) is 3.12. The van der Waals surface area contributed by atoms with Crippen LogP contribution in [0.2, 0.25) is 0 Å². The number of hydrogen-bond acceptors (Lipinski definition) is 2. The second-order valence-electron chi connectivity index (χ2n) is 2.71. The van der Waals surface area contributed by atoms with E-state index in [2.05, 4.69) is 39.8 Å². The minimum Gasteiger partial charge on any atom is -0.320 e. The van der Waals surface area contributed by atoms with Gasteiger partial charge in [0.1, 0.15) is 0 Å². The Kier molecular flexibility index (Phi) is 6.91. The highest BCUT2D eigenvalue weighted by molar-refractivity contribution is 9.11. The van der Waals surface area contributed by atoms with Gasteiger partial charge in [-0.3, -0.25) is 0 Å². The van der Waals surface area contributed by atoms with Gasteiger partial charge in [0, 0.05) is 11.0 Å². The fourth-order valence-corrected chi connectivity index (χ4v) is 1.33. The van der Waals surface area contributed by atoms with Crippen LogP contribution in [0.4, 0.5) is 0 Å². The van der Waals surface area contributed by atoms with E-state index in [4.69, 9.17) is 0 Å². The molecule has 3 heteroatoms. The van der Waals surface area contributed by atoms with Gasteiger partial charge >= 0.3 is 0 Å². The summed E-state index contributed by atoms with van der Waals surface area (Å²) in [6.45, 7) is 6.92. The third-order valence-electron chi connectivity index (χ3n) is 1.41. The summed E-state index contributed by atoms with van der Waals surface area (Å²) in [6, 6.07) is 0. The van der Waals surface area contributed by atoms with Crippen molar-refractivity contribution in [1.82, 2.24) is 10.2 Å². The Bertz CT molecular complexity index is 115. The third-order valence-corrected chi connectivity index (χ3v) is 1.66. The van der Waals surface area contributed by atoms with Crippen molar-refractivity contribution < 1.29 is 0 Å². The van der Waals surface area contributed by atoms with Crippen LogP contribution in [0.5, 0.6) is 0 Å². The van der Waals surface area contributed by atoms with Gasteiger partial charge in [0.25, 0.3) is 0 Å². The van der Waals surface area contributed by atoms with Crippen LogP contribution in [-0.4, -0.2) is 38.6 Å². The summed E-state index contributed by atoms with van der Waals surface area (Å²) in [5.41, 5.74) is 0. The number of rotatable bonds is 6. The first kappa shape index (κ1) is 11.1. The Labute approximate surface area is 77.8 Å². The van der Waals surface area contributed by atoms with Gasteiger partial charge in [0.15, 0.2) is 0 Å². The van der Waals surface area contributed by atoms with Crippen LogP contribution >= 0.6 is 15.9 Å². The van der Waals surface area contributed by atoms with Crippen LogP contribution in [0.25, 0.3) is 0 Å². The van der Waals surface area contributed by atoms with Gasteiger partial charge in [0.05, 0.1) is 0 Å². The zero-order valence-electron chi connectivity index (χ0n) is 7.36. The highest BCUT2D eigenvalue weighted by Gasteiger charge is 1.97. The zero-order valence-corrected chi connectivity index (χ0v) is 8.95. The molecule has 0 unspecified atom stereocenters. The predicted molar refractivity (Wildman–Crippen MR) is 54.1 cm³/mol. The lowest BCUT2D eigenvalue weighted by Crippen LogP contribution is -2.23. The number of nitrogens with one attached hydrogen (secondary N) is 1. The van der Waals surface area contributed by atoms with Crippen molar-refractivity contribution in [2.45, 2.75) is 6.42 Å². The molecule has 0 aliphatic heterocycles. The molecule has 0 aromatic rings. The fourth-order valence-electron chi connectivity index (χ4n) is 0.898. The van der Waals surface area contributed by atoms with Crippen LogP contribution in [0.15, 0.2) is 11.1 Å². The van der Waals surface area contributed by atoms with E-state index in [0.29, 0.717) is 0 Å². The van der Waals surface area contributed by atoms with E-state index in [-0.39, 0.29) is 0 Å². The summed E-state index contributed by atoms with van der Waals surface area (Å²) >= 11 is 3.33. The van der Waals surface area contributed by atoms with Gasteiger partial charge in [0.2, 0.25) is 0 Å². The van der Waals surface area contributed by atoms with Crippen molar-refractivity contribution in [3.05, 3.63) is 11.1 Å². The maximum absolute atomic E-state index is 3.78. The van der Waals surface area contributed by atoms with Crippen LogP contribution in [-0.2, 0) is 0 Å². The Morgan fingerprint density at radius 2 is 2.27 bits per heavy atom. The Balaban J connectivity index is 3.22. The average Bonchev–Trinajstić information content (AvgIpc) is 1.86. The first-order chi connectivity index (χ1) is 5.16. The molecule has 0 heterocycles. The number of nitrogens with zero attached hydrogens (tertiary/aromatic N) is 1. The summed E-state index contributed by atoms with van der Waals surface area (Å²) in [7, 11) is 4.07. The molecule has 0 aromatic carbocycles. The first-order valence-electron chi connectivity index (χ1n) is 3.83. The predicted octanol–water partition coefficient (Wildman–Crippen LogP) is 1.44. The van der Waals surface area contributed by atoms with Gasteiger partial charge in [-0.15, -0.1) is 0 Å². The maximum atomic E-state index is 3.78. The largest absolute Gasteiger partial charge is 0.320 e. The highest BCUT2D eigenvalue weighted by Crippen LogP contribution is 2.02. The van der Waals surface area contributed by atoms with E-state index >= 15 is 0 Å². The summed E-state index contributed by atoms with van der Waals surface area (Å²) in [4.78, 5) is 2.24. The maximum Gasteiger partial charge on any atom is 0.0290 e. The molecule has 0 aromatic heterocycles. The highest BCUT2D eigenvalue weighted by atomic mass is 79.9. The quantitative estimate of drug-likeness (QED) is 0.682. The topological polar surface area (TPSA) is 15.3 Å². The van der Waals surface area contributed by atoms with Crippen molar-refractivity contribution in [3.63, 3.8) is 0 Å². The molecule has 0 aliphatic carbocycles. The third kappa shape index (κ3) is 8.04. The summed E-state index contributed by atoms with van der Waals surface area (Å²) in [6.07, 6.45) is 1.19. The van der Waals surface area contributed by atoms with Gasteiger partial charge in [-0.05, 0) is 33.6 Å². The standard InChI is InChI=1S/C8H17BrN2/c1-8(9)7-11(3)6-4-5-10-2/h10H,1,4-7H2,2-3H3. The molecule has 0 spiro atoms. The molecular formula is C8H17BrN2. The van der Waals surface area contributed by atoms with Gasteiger partial charge < -0.3 is 10.2 Å². The smallest absolute Gasteiger partial charge is 0.0290 e. The van der Waals surface area contributed by atoms with Crippen LogP contribution in [0.3, 0.4) is 0 Å². The van der Waals surface area contributed by atoms with Crippen molar-refractivity contribution in [1.29, 1.82) is 0 Å². The fraction of sp³-hybridized carbons (Fsp3) is 0.750. The van der Waals surface area contributed by atoms with Crippen LogP contribution in [0.1, 0.15) is 6.42 Å². The van der Waals surface area contributed by atoms with Crippen molar-refractivity contribution >= 4 is 15.9 Å². The Morgan fingerprint density at radius 3 is 2.73 bits per heavy atom. The second kappa shape index (κ2) is 6.83. The van der Waals surface area contributed by atoms with Gasteiger partial charge in [-0.1, -0.05) is 22.5 Å². The zero-order chi connectivity index (χ0) is 8.69. The molecule has 66 valence electrons. The van der Waals surface area contributed by atoms with Gasteiger partial charge in [-0.2, -0.15) is 0 Å². The lowest BCUT2D eigenvalue weighted by atomic mass is 10.4. The van der Waals surface area contributed by atoms with E-state index in [9.17, 15) is 0 Å². The normalized spacial score (nSPS) is 10.5. The van der Waals surface area contributed by atoms with E-state index in [1.165, 1.54) is 6.42 Å². The van der Waals surface area contributed by atoms with Crippen molar-refractivity contribution in [2.24, 2.45) is 0 Å². The number of hydrogen-bond donors (Lipinski definition) is 1. The minimum atomic E-state index is 0.934. The van der Waals surface area contributed by atoms with Crippen LogP contribution < -0.4 is 5.32 Å². The van der Waals surface area contributed by atoms with Crippen molar-refractivity contribution in [2.75, 3.05) is 33.7 Å². The first-order valence-corrected chi connectivity index (χ1v) is 4.62. The molecule has 0 fully saturated rings. The molecule has 0 aliphatic rings. The van der Waals surface area contributed by atoms with E-state index in [1.807, 2.05) is 7.05 Å². The number of likely N-dealkylation sites (N-methyl/N-ethyl adjacent to an activating group) is 1. The van der Waals surface area contributed by atoms with E-state index in [1.54, 1.807) is 0 Å². The van der Waals surface area contributed by atoms with Crippen LogP contribution in [0, 0.1) is 0 Å². The van der Waals surface area contributed by atoms with E-state index < -0.39 is 0 Å². The second-order valence-corrected chi connectivity index (χ2v) is 3.83. The Morgan fingerprint density at radius 1 is 1.64 bits per heavy atom. The molecule has 0 atom stereocenters. The van der Waals surface area contributed by atoms with Gasteiger partial charge in [-0.25, -0.2) is 0 Å². The molecule has 1 N–H and O–H groups in total. The Hall–Kier alpha value is 0.140. The molecule has 0 saturated heterocycles. The monoisotopic (exact) mass is 220 g/mol. The molecule has 2 nitrogen and oxygen atoms in total. The molecule has 0 saturated carbocycles. The van der Waals surface area contributed by atoms with Crippen molar-refractivity contribution in [3.8, 4) is 0 Å². The molecule has 11 heavy (non-hydrogen) atoms. The lowest BCUT2D eigenvalue weighted by Gasteiger charge is -2.14. The van der Waals surface area contributed by atoms with E-state index in [0.717, 1.165) is 24.1 Å². The summed E-state index contributed by atoms with van der Waals surface area (Å²) in [5.74, 6) is 0. The lowest BCUT2D eigenvalue weighted by molar-refractivity contribution is 0.361. The molecule has 0 bridgehead atoms. The summed E-state index contributed by atoms with van der Waals surface area (Å²) < 4.78 is 1.05. The molecule has 0 amide bonds. The molecular weight excluding hydrogens is 204 g/mol. The SMILES string of the molecule is C=C(Br)CN(C)CCCNC. The average molecular weight is 221 g/mol. The molecule has 0 radical (unpaired) electrons. The minimum absolute atomic E-state index is 0.934.